The molecule has 0 unspecified atom stereocenters. The van der Waals surface area contributed by atoms with Crippen LogP contribution in [0.2, 0.25) is 0 Å². The monoisotopic (exact) mass is 687 g/mol. The average Bonchev–Trinajstić information content (AvgIpc) is 3.64. The number of anilines is 3. The molecule has 11 rings (SSSR count). The number of benzene rings is 10. The molecule has 0 bridgehead atoms. The molecule has 2 heteroatoms. The Morgan fingerprint density at radius 2 is 0.963 bits per heavy atom. The fourth-order valence-electron chi connectivity index (χ4n) is 8.51. The van der Waals surface area contributed by atoms with E-state index in [1.807, 2.05) is 6.07 Å². The summed E-state index contributed by atoms with van der Waals surface area (Å²) in [4.78, 5) is 2.36. The van der Waals surface area contributed by atoms with E-state index in [1.165, 1.54) is 59.8 Å². The molecule has 0 aliphatic heterocycles. The van der Waals surface area contributed by atoms with Crippen LogP contribution < -0.4 is 4.90 Å². The maximum atomic E-state index is 6.80. The van der Waals surface area contributed by atoms with Crippen LogP contribution in [0.3, 0.4) is 0 Å². The normalized spacial score (nSPS) is 11.7. The van der Waals surface area contributed by atoms with Crippen LogP contribution in [0, 0.1) is 0 Å². The van der Waals surface area contributed by atoms with Crippen molar-refractivity contribution in [2.45, 2.75) is 0 Å². The molecule has 0 aliphatic carbocycles. The maximum Gasteiger partial charge on any atom is 0.160 e. The van der Waals surface area contributed by atoms with E-state index >= 15 is 0 Å². The average molecular weight is 688 g/mol. The van der Waals surface area contributed by atoms with Crippen molar-refractivity contribution in [1.82, 2.24) is 0 Å². The summed E-state index contributed by atoms with van der Waals surface area (Å²) < 4.78 is 6.80. The first-order valence-corrected chi connectivity index (χ1v) is 18.5. The third-order valence-corrected chi connectivity index (χ3v) is 11.0. The molecule has 2 nitrogen and oxygen atoms in total. The summed E-state index contributed by atoms with van der Waals surface area (Å²) in [6.07, 6.45) is 0. The van der Waals surface area contributed by atoms with Crippen molar-refractivity contribution in [3.05, 3.63) is 200 Å². The van der Waals surface area contributed by atoms with Gasteiger partial charge in [-0.1, -0.05) is 158 Å². The van der Waals surface area contributed by atoms with E-state index in [9.17, 15) is 0 Å². The number of furan rings is 1. The van der Waals surface area contributed by atoms with E-state index in [0.29, 0.717) is 0 Å². The van der Waals surface area contributed by atoms with Crippen molar-refractivity contribution in [3.8, 4) is 22.3 Å². The van der Waals surface area contributed by atoms with Gasteiger partial charge in [-0.3, -0.25) is 0 Å². The number of hydrogen-bond acceptors (Lipinski definition) is 2. The summed E-state index contributed by atoms with van der Waals surface area (Å²) in [6, 6.07) is 72.2. The van der Waals surface area contributed by atoms with Crippen LogP contribution in [-0.2, 0) is 0 Å². The van der Waals surface area contributed by atoms with Crippen LogP contribution in [0.4, 0.5) is 17.1 Å². The molecule has 1 aromatic heterocycles. The lowest BCUT2D eigenvalue weighted by molar-refractivity contribution is 0.669. The highest BCUT2D eigenvalue weighted by molar-refractivity contribution is 6.24. The smallest absolute Gasteiger partial charge is 0.160 e. The molecule has 0 aliphatic rings. The first kappa shape index (κ1) is 30.5. The van der Waals surface area contributed by atoms with Crippen LogP contribution >= 0.6 is 0 Å². The van der Waals surface area contributed by atoms with E-state index in [0.717, 1.165) is 44.6 Å². The first-order chi connectivity index (χ1) is 26.8. The predicted octanol–water partition coefficient (Wildman–Crippen LogP) is 15.0. The van der Waals surface area contributed by atoms with Crippen molar-refractivity contribution >= 4 is 82.1 Å². The van der Waals surface area contributed by atoms with Gasteiger partial charge in [0.25, 0.3) is 0 Å². The molecule has 0 spiro atoms. The highest BCUT2D eigenvalue weighted by Gasteiger charge is 2.22. The Balaban J connectivity index is 1.14. The van der Waals surface area contributed by atoms with Crippen LogP contribution in [0.1, 0.15) is 0 Å². The van der Waals surface area contributed by atoms with Gasteiger partial charge < -0.3 is 9.32 Å². The van der Waals surface area contributed by atoms with Gasteiger partial charge in [0.2, 0.25) is 0 Å². The first-order valence-electron chi connectivity index (χ1n) is 18.5. The minimum atomic E-state index is 0.872. The Morgan fingerprint density at radius 3 is 1.78 bits per heavy atom. The number of nitrogens with zero attached hydrogens (tertiary/aromatic N) is 1. The lowest BCUT2D eigenvalue weighted by Crippen LogP contribution is -2.10. The molecule has 0 atom stereocenters. The van der Waals surface area contributed by atoms with E-state index < -0.39 is 0 Å². The highest BCUT2D eigenvalue weighted by Crippen LogP contribution is 2.47. The fraction of sp³-hybridized carbons (Fsp3) is 0. The number of para-hydroxylation sites is 1. The standard InChI is InChI=1S/C52H33NO/c1-2-13-34(14-3-1)37-17-12-18-41(31-37)53(48-33-38-16-5-7-20-43(38)51-46-23-10-11-24-49(46)54-52(48)51)40-29-27-36(28-30-40)47-32-39-26-25-35-15-4-6-19-42(35)50(39)45-22-9-8-21-44(45)47/h1-33H. The molecule has 252 valence electrons. The second-order valence-corrected chi connectivity index (χ2v) is 14.1. The Kier molecular flexibility index (Phi) is 6.90. The molecule has 0 radical (unpaired) electrons. The lowest BCUT2D eigenvalue weighted by Gasteiger charge is -2.27. The quantitative estimate of drug-likeness (QED) is 0.168. The van der Waals surface area contributed by atoms with E-state index in [4.69, 9.17) is 4.42 Å². The molecule has 0 N–H and O–H groups in total. The van der Waals surface area contributed by atoms with Crippen molar-refractivity contribution in [1.29, 1.82) is 0 Å². The Hall–Kier alpha value is -7.16. The third-order valence-electron chi connectivity index (χ3n) is 11.0. The van der Waals surface area contributed by atoms with Gasteiger partial charge in [-0.25, -0.2) is 0 Å². The zero-order valence-corrected chi connectivity index (χ0v) is 29.4. The van der Waals surface area contributed by atoms with Crippen molar-refractivity contribution in [2.24, 2.45) is 0 Å². The summed E-state index contributed by atoms with van der Waals surface area (Å²) in [5.41, 5.74) is 9.61. The fourth-order valence-corrected chi connectivity index (χ4v) is 8.51. The maximum absolute atomic E-state index is 6.80. The second-order valence-electron chi connectivity index (χ2n) is 14.1. The highest BCUT2D eigenvalue weighted by atomic mass is 16.3. The molecule has 0 saturated heterocycles. The van der Waals surface area contributed by atoms with E-state index in [-0.39, 0.29) is 0 Å². The summed E-state index contributed by atoms with van der Waals surface area (Å²) in [7, 11) is 0. The molecule has 0 saturated carbocycles. The Bertz CT molecular complexity index is 3210. The van der Waals surface area contributed by atoms with Crippen molar-refractivity contribution in [3.63, 3.8) is 0 Å². The van der Waals surface area contributed by atoms with Gasteiger partial charge in [-0.2, -0.15) is 0 Å². The van der Waals surface area contributed by atoms with E-state index in [2.05, 4.69) is 199 Å². The lowest BCUT2D eigenvalue weighted by atomic mass is 9.90. The molecule has 0 amide bonds. The minimum Gasteiger partial charge on any atom is -0.454 e. The van der Waals surface area contributed by atoms with Gasteiger partial charge in [-0.15, -0.1) is 0 Å². The van der Waals surface area contributed by atoms with Crippen molar-refractivity contribution < 1.29 is 4.42 Å². The van der Waals surface area contributed by atoms with Crippen LogP contribution in [0.25, 0.3) is 87.3 Å². The predicted molar refractivity (Wildman–Crippen MR) is 229 cm³/mol. The third kappa shape index (κ3) is 4.81. The Morgan fingerprint density at radius 1 is 0.333 bits per heavy atom. The van der Waals surface area contributed by atoms with Gasteiger partial charge in [0, 0.05) is 22.1 Å². The summed E-state index contributed by atoms with van der Waals surface area (Å²) >= 11 is 0. The van der Waals surface area contributed by atoms with Gasteiger partial charge >= 0.3 is 0 Å². The molecule has 11 aromatic rings. The zero-order chi connectivity index (χ0) is 35.6. The molecule has 0 fully saturated rings. The Labute approximate surface area is 312 Å². The minimum absolute atomic E-state index is 0.872. The topological polar surface area (TPSA) is 16.4 Å². The van der Waals surface area contributed by atoms with Gasteiger partial charge in [0.05, 0.1) is 5.69 Å². The number of fused-ring (bicyclic) bond motifs is 10. The molecular weight excluding hydrogens is 655 g/mol. The van der Waals surface area contributed by atoms with E-state index in [1.54, 1.807) is 0 Å². The molecule has 10 aromatic carbocycles. The van der Waals surface area contributed by atoms with Crippen LogP contribution in [-0.4, -0.2) is 0 Å². The van der Waals surface area contributed by atoms with Gasteiger partial charge in [-0.05, 0) is 108 Å². The summed E-state index contributed by atoms with van der Waals surface area (Å²) in [5.74, 6) is 0. The SMILES string of the molecule is c1ccc(-c2cccc(N(c3ccc(-c4cc5ccc6ccccc6c5c5ccccc45)cc3)c3cc4ccccc4c4c3oc3ccccc34)c2)cc1. The van der Waals surface area contributed by atoms with Crippen LogP contribution in [0.15, 0.2) is 205 Å². The van der Waals surface area contributed by atoms with Crippen LogP contribution in [0.5, 0.6) is 0 Å². The molecule has 1 heterocycles. The molecular formula is C52H33NO. The molecule has 54 heavy (non-hydrogen) atoms. The zero-order valence-electron chi connectivity index (χ0n) is 29.4. The van der Waals surface area contributed by atoms with Gasteiger partial charge in [0.1, 0.15) is 5.58 Å². The largest absolute Gasteiger partial charge is 0.454 e. The number of rotatable bonds is 5. The van der Waals surface area contributed by atoms with Crippen molar-refractivity contribution in [2.75, 3.05) is 4.90 Å². The summed E-state index contributed by atoms with van der Waals surface area (Å²) in [6.45, 7) is 0. The second kappa shape index (κ2) is 12.2. The summed E-state index contributed by atoms with van der Waals surface area (Å²) in [5, 5.41) is 12.2. The number of hydrogen-bond donors (Lipinski definition) is 0. The van der Waals surface area contributed by atoms with Gasteiger partial charge in [0.15, 0.2) is 5.58 Å².